The zero-order valence-corrected chi connectivity index (χ0v) is 10.8. The first kappa shape index (κ1) is 12.2. The van der Waals surface area contributed by atoms with Gasteiger partial charge in [-0.2, -0.15) is 0 Å². The Hall–Kier alpha value is -1.87. The molecule has 0 aliphatic heterocycles. The number of ether oxygens (including phenoxy) is 1. The molecule has 1 aliphatic carbocycles. The van der Waals surface area contributed by atoms with E-state index in [0.717, 1.165) is 29.3 Å². The minimum atomic E-state index is -0.0715. The second-order valence-electron chi connectivity index (χ2n) is 5.11. The molecule has 1 aliphatic rings. The van der Waals surface area contributed by atoms with Crippen LogP contribution >= 0.6 is 0 Å². The molecule has 1 atom stereocenters. The van der Waals surface area contributed by atoms with Crippen LogP contribution in [0, 0.1) is 5.92 Å². The van der Waals surface area contributed by atoms with Crippen molar-refractivity contribution in [2.75, 3.05) is 12.3 Å². The molecule has 2 N–H and O–H groups in total. The maximum Gasteiger partial charge on any atom is 0.109 e. The van der Waals surface area contributed by atoms with Crippen LogP contribution in [0.1, 0.15) is 30.1 Å². The first-order valence-electron chi connectivity index (χ1n) is 6.70. The van der Waals surface area contributed by atoms with Gasteiger partial charge >= 0.3 is 0 Å². The molecule has 1 aromatic heterocycles. The quantitative estimate of drug-likeness (QED) is 0.834. The molecule has 1 aromatic carbocycles. The first-order valence-corrected chi connectivity index (χ1v) is 6.70. The monoisotopic (exact) mass is 254 g/mol. The number of nitrogens with two attached hydrogens (primary N) is 1. The smallest absolute Gasteiger partial charge is 0.109 e. The zero-order valence-electron chi connectivity index (χ0n) is 10.8. The van der Waals surface area contributed by atoms with Crippen LogP contribution in [0.4, 0.5) is 5.69 Å². The van der Waals surface area contributed by atoms with Crippen molar-refractivity contribution in [3.63, 3.8) is 0 Å². The molecule has 0 bridgehead atoms. The van der Waals surface area contributed by atoms with Crippen LogP contribution in [0.25, 0.3) is 0 Å². The highest BCUT2D eigenvalue weighted by Gasteiger charge is 2.24. The van der Waals surface area contributed by atoms with E-state index in [1.807, 2.05) is 36.5 Å². The molecule has 3 rings (SSSR count). The van der Waals surface area contributed by atoms with Crippen LogP contribution in [0.2, 0.25) is 0 Å². The molecular weight excluding hydrogens is 236 g/mol. The molecule has 0 spiro atoms. The minimum Gasteiger partial charge on any atom is -0.399 e. The number of hydrogen-bond donors (Lipinski definition) is 1. The van der Waals surface area contributed by atoms with Gasteiger partial charge in [-0.25, -0.2) is 0 Å². The number of hydrogen-bond acceptors (Lipinski definition) is 3. The van der Waals surface area contributed by atoms with Crippen LogP contribution in [0.3, 0.4) is 0 Å². The van der Waals surface area contributed by atoms with Crippen molar-refractivity contribution in [3.8, 4) is 0 Å². The highest BCUT2D eigenvalue weighted by Crippen LogP contribution is 2.33. The second-order valence-corrected chi connectivity index (χ2v) is 5.11. The van der Waals surface area contributed by atoms with Crippen LogP contribution in [-0.2, 0) is 4.74 Å². The number of pyridine rings is 1. The molecular formula is C16H18N2O. The SMILES string of the molecule is Nc1cccc(C(OCC2CC2)c2cccnc2)c1. The van der Waals surface area contributed by atoms with Crippen molar-refractivity contribution in [3.05, 3.63) is 59.9 Å². The van der Waals surface area contributed by atoms with Gasteiger partial charge in [0.25, 0.3) is 0 Å². The molecule has 0 radical (unpaired) electrons. The van der Waals surface area contributed by atoms with Crippen molar-refractivity contribution >= 4 is 5.69 Å². The van der Waals surface area contributed by atoms with Gasteiger partial charge in [0.2, 0.25) is 0 Å². The summed E-state index contributed by atoms with van der Waals surface area (Å²) in [5.74, 6) is 0.736. The molecule has 3 nitrogen and oxygen atoms in total. The van der Waals surface area contributed by atoms with Crippen molar-refractivity contribution < 1.29 is 4.74 Å². The molecule has 0 amide bonds. The summed E-state index contributed by atoms with van der Waals surface area (Å²) in [4.78, 5) is 4.18. The topological polar surface area (TPSA) is 48.1 Å². The van der Waals surface area contributed by atoms with Crippen molar-refractivity contribution in [2.45, 2.75) is 18.9 Å². The largest absolute Gasteiger partial charge is 0.399 e. The lowest BCUT2D eigenvalue weighted by molar-refractivity contribution is 0.0716. The molecule has 1 fully saturated rings. The number of benzene rings is 1. The molecule has 19 heavy (non-hydrogen) atoms. The summed E-state index contributed by atoms with van der Waals surface area (Å²) in [6.45, 7) is 0.814. The van der Waals surface area contributed by atoms with Gasteiger partial charge in [0.05, 0.1) is 6.61 Å². The number of nitrogens with zero attached hydrogens (tertiary/aromatic N) is 1. The van der Waals surface area contributed by atoms with Gasteiger partial charge < -0.3 is 10.5 Å². The maximum absolute atomic E-state index is 6.10. The summed E-state index contributed by atoms with van der Waals surface area (Å²) in [6, 6.07) is 11.9. The van der Waals surface area contributed by atoms with Gasteiger partial charge in [-0.15, -0.1) is 0 Å². The molecule has 2 aromatic rings. The Labute approximate surface area is 113 Å². The van der Waals surface area contributed by atoms with E-state index in [0.29, 0.717) is 0 Å². The number of aromatic nitrogens is 1. The lowest BCUT2D eigenvalue weighted by Crippen LogP contribution is -2.09. The Morgan fingerprint density at radius 1 is 1.21 bits per heavy atom. The summed E-state index contributed by atoms with van der Waals surface area (Å²) < 4.78 is 6.10. The van der Waals surface area contributed by atoms with Gasteiger partial charge in [0.1, 0.15) is 6.10 Å². The third-order valence-electron chi connectivity index (χ3n) is 3.40. The lowest BCUT2D eigenvalue weighted by Gasteiger charge is -2.19. The highest BCUT2D eigenvalue weighted by molar-refractivity contribution is 5.43. The highest BCUT2D eigenvalue weighted by atomic mass is 16.5. The molecule has 3 heteroatoms. The van der Waals surface area contributed by atoms with E-state index >= 15 is 0 Å². The van der Waals surface area contributed by atoms with E-state index < -0.39 is 0 Å². The van der Waals surface area contributed by atoms with E-state index in [2.05, 4.69) is 11.1 Å². The predicted octanol–water partition coefficient (Wildman–Crippen LogP) is 3.18. The summed E-state index contributed by atoms with van der Waals surface area (Å²) >= 11 is 0. The fraction of sp³-hybridized carbons (Fsp3) is 0.312. The summed E-state index contributed by atoms with van der Waals surface area (Å²) in [5.41, 5.74) is 8.81. The fourth-order valence-corrected chi connectivity index (χ4v) is 2.15. The van der Waals surface area contributed by atoms with E-state index in [1.54, 1.807) is 6.20 Å². The van der Waals surface area contributed by atoms with Crippen LogP contribution in [0.5, 0.6) is 0 Å². The van der Waals surface area contributed by atoms with E-state index in [9.17, 15) is 0 Å². The first-order chi connectivity index (χ1) is 9.33. The average molecular weight is 254 g/mol. The third-order valence-corrected chi connectivity index (χ3v) is 3.40. The van der Waals surface area contributed by atoms with Gasteiger partial charge in [-0.05, 0) is 42.5 Å². The molecule has 1 saturated carbocycles. The molecule has 98 valence electrons. The lowest BCUT2D eigenvalue weighted by atomic mass is 10.0. The molecule has 0 saturated heterocycles. The van der Waals surface area contributed by atoms with Gasteiger partial charge in [-0.1, -0.05) is 18.2 Å². The summed E-state index contributed by atoms with van der Waals surface area (Å²) in [5, 5.41) is 0. The Kier molecular flexibility index (Phi) is 3.47. The Morgan fingerprint density at radius 2 is 2.05 bits per heavy atom. The summed E-state index contributed by atoms with van der Waals surface area (Å²) in [6.07, 6.45) is 6.15. The average Bonchev–Trinajstić information content (AvgIpc) is 3.25. The standard InChI is InChI=1S/C16H18N2O/c17-15-5-1-3-13(9-15)16(19-11-12-6-7-12)14-4-2-8-18-10-14/h1-5,8-10,12,16H,6-7,11,17H2. The maximum atomic E-state index is 6.10. The van der Waals surface area contributed by atoms with Crippen molar-refractivity contribution in [2.24, 2.45) is 5.92 Å². The van der Waals surface area contributed by atoms with Crippen LogP contribution in [0.15, 0.2) is 48.8 Å². The van der Waals surface area contributed by atoms with E-state index in [-0.39, 0.29) is 6.10 Å². The Balaban J connectivity index is 1.86. The van der Waals surface area contributed by atoms with Crippen molar-refractivity contribution in [1.82, 2.24) is 4.98 Å². The van der Waals surface area contributed by atoms with Crippen molar-refractivity contribution in [1.29, 1.82) is 0 Å². The third kappa shape index (κ3) is 3.12. The number of anilines is 1. The number of rotatable bonds is 5. The predicted molar refractivity (Wildman–Crippen MR) is 75.6 cm³/mol. The van der Waals surface area contributed by atoms with Crippen LogP contribution in [-0.4, -0.2) is 11.6 Å². The fourth-order valence-electron chi connectivity index (χ4n) is 2.15. The second kappa shape index (κ2) is 5.41. The van der Waals surface area contributed by atoms with Crippen LogP contribution < -0.4 is 5.73 Å². The molecule has 1 unspecified atom stereocenters. The van der Waals surface area contributed by atoms with E-state index in [4.69, 9.17) is 10.5 Å². The summed E-state index contributed by atoms with van der Waals surface area (Å²) in [7, 11) is 0. The van der Waals surface area contributed by atoms with Gasteiger partial charge in [-0.3, -0.25) is 4.98 Å². The number of nitrogen functional groups attached to an aromatic ring is 1. The minimum absolute atomic E-state index is 0.0715. The van der Waals surface area contributed by atoms with Gasteiger partial charge in [0.15, 0.2) is 0 Å². The van der Waals surface area contributed by atoms with Gasteiger partial charge in [0, 0.05) is 23.6 Å². The zero-order chi connectivity index (χ0) is 13.1. The molecule has 1 heterocycles. The Bertz CT molecular complexity index is 537. The normalized spacial score (nSPS) is 16.2. The van der Waals surface area contributed by atoms with E-state index in [1.165, 1.54) is 12.8 Å². The Morgan fingerprint density at radius 3 is 2.74 bits per heavy atom.